The standard InChI is InChI=1S/C22H20N2O2S2/c25-15(11-26-18-9-3-6-14-5-1-2-7-16(14)18)12-27-21-20-17-8-4-10-19(17)28-22(20)24-13-23-21/h1-3,5-7,9,13,15,25H,4,8,10-12H2/t15-/m0/s1. The van der Waals surface area contributed by atoms with Crippen molar-refractivity contribution in [3.05, 3.63) is 59.2 Å². The predicted octanol–water partition coefficient (Wildman–Crippen LogP) is 4.87. The fourth-order valence-corrected chi connectivity index (χ4v) is 5.97. The molecule has 0 radical (unpaired) electrons. The Bertz CT molecular complexity index is 1140. The summed E-state index contributed by atoms with van der Waals surface area (Å²) >= 11 is 3.38. The van der Waals surface area contributed by atoms with Gasteiger partial charge in [0.25, 0.3) is 0 Å². The largest absolute Gasteiger partial charge is 0.490 e. The van der Waals surface area contributed by atoms with Gasteiger partial charge < -0.3 is 9.84 Å². The molecule has 5 rings (SSSR count). The molecule has 1 aliphatic rings. The lowest BCUT2D eigenvalue weighted by Crippen LogP contribution is -2.20. The average Bonchev–Trinajstić information content (AvgIpc) is 3.32. The molecular formula is C22H20N2O2S2. The Labute approximate surface area is 171 Å². The van der Waals surface area contributed by atoms with Crippen LogP contribution in [0.3, 0.4) is 0 Å². The average molecular weight is 409 g/mol. The van der Waals surface area contributed by atoms with E-state index in [2.05, 4.69) is 22.1 Å². The third-order valence-corrected chi connectivity index (χ3v) is 7.39. The van der Waals surface area contributed by atoms with Gasteiger partial charge in [0.15, 0.2) is 0 Å². The Morgan fingerprint density at radius 3 is 2.96 bits per heavy atom. The summed E-state index contributed by atoms with van der Waals surface area (Å²) in [5.41, 5.74) is 1.42. The van der Waals surface area contributed by atoms with Gasteiger partial charge in [0.05, 0.1) is 6.10 Å². The Morgan fingerprint density at radius 1 is 1.11 bits per heavy atom. The first-order valence-electron chi connectivity index (χ1n) is 9.46. The lowest BCUT2D eigenvalue weighted by molar-refractivity contribution is 0.127. The van der Waals surface area contributed by atoms with Crippen molar-refractivity contribution in [3.8, 4) is 5.75 Å². The van der Waals surface area contributed by atoms with Crippen LogP contribution >= 0.6 is 23.1 Å². The number of thiophene rings is 1. The fourth-order valence-electron chi connectivity index (χ4n) is 3.74. The van der Waals surface area contributed by atoms with Crippen LogP contribution in [0, 0.1) is 0 Å². The van der Waals surface area contributed by atoms with Crippen molar-refractivity contribution in [2.24, 2.45) is 0 Å². The van der Waals surface area contributed by atoms with Crippen LogP contribution in [0.15, 0.2) is 53.8 Å². The molecule has 1 atom stereocenters. The van der Waals surface area contributed by atoms with E-state index in [1.165, 1.54) is 22.2 Å². The molecule has 4 nitrogen and oxygen atoms in total. The van der Waals surface area contributed by atoms with E-state index in [4.69, 9.17) is 4.74 Å². The lowest BCUT2D eigenvalue weighted by atomic mass is 10.1. The molecule has 28 heavy (non-hydrogen) atoms. The Kier molecular flexibility index (Phi) is 4.93. The monoisotopic (exact) mass is 408 g/mol. The molecule has 0 saturated carbocycles. The van der Waals surface area contributed by atoms with Crippen molar-refractivity contribution in [2.45, 2.75) is 30.4 Å². The van der Waals surface area contributed by atoms with Crippen molar-refractivity contribution in [1.82, 2.24) is 9.97 Å². The van der Waals surface area contributed by atoms with Crippen molar-refractivity contribution in [2.75, 3.05) is 12.4 Å². The van der Waals surface area contributed by atoms with Crippen molar-refractivity contribution in [3.63, 3.8) is 0 Å². The molecule has 0 amide bonds. The van der Waals surface area contributed by atoms with E-state index in [0.717, 1.165) is 39.2 Å². The summed E-state index contributed by atoms with van der Waals surface area (Å²) in [7, 11) is 0. The highest BCUT2D eigenvalue weighted by atomic mass is 32.2. The van der Waals surface area contributed by atoms with Gasteiger partial charge in [0.2, 0.25) is 0 Å². The van der Waals surface area contributed by atoms with Crippen LogP contribution in [0.25, 0.3) is 21.0 Å². The maximum Gasteiger partial charge on any atom is 0.128 e. The third kappa shape index (κ3) is 3.36. The summed E-state index contributed by atoms with van der Waals surface area (Å²) in [4.78, 5) is 11.5. The highest BCUT2D eigenvalue weighted by Crippen LogP contribution is 2.40. The summed E-state index contributed by atoms with van der Waals surface area (Å²) < 4.78 is 5.92. The quantitative estimate of drug-likeness (QED) is 0.365. The lowest BCUT2D eigenvalue weighted by Gasteiger charge is -2.14. The van der Waals surface area contributed by atoms with E-state index in [-0.39, 0.29) is 6.61 Å². The number of fused-ring (bicyclic) bond motifs is 4. The second-order valence-electron chi connectivity index (χ2n) is 6.97. The second kappa shape index (κ2) is 7.70. The smallest absolute Gasteiger partial charge is 0.128 e. The van der Waals surface area contributed by atoms with Crippen LogP contribution in [0.5, 0.6) is 5.75 Å². The molecule has 1 N–H and O–H groups in total. The summed E-state index contributed by atoms with van der Waals surface area (Å²) in [5.74, 6) is 1.35. The number of aliphatic hydroxyl groups excluding tert-OH is 1. The molecular weight excluding hydrogens is 388 g/mol. The molecule has 0 aliphatic heterocycles. The zero-order valence-corrected chi connectivity index (χ0v) is 16.9. The van der Waals surface area contributed by atoms with Crippen LogP contribution in [0.2, 0.25) is 0 Å². The summed E-state index contributed by atoms with van der Waals surface area (Å²) in [6.45, 7) is 0.261. The zero-order valence-electron chi connectivity index (χ0n) is 15.3. The second-order valence-corrected chi connectivity index (χ2v) is 9.06. The first-order valence-corrected chi connectivity index (χ1v) is 11.3. The van der Waals surface area contributed by atoms with Crippen molar-refractivity contribution >= 4 is 44.1 Å². The summed E-state index contributed by atoms with van der Waals surface area (Å²) in [6.07, 6.45) is 4.55. The number of hydrogen-bond acceptors (Lipinski definition) is 6. The molecule has 6 heteroatoms. The number of ether oxygens (including phenoxy) is 1. The van der Waals surface area contributed by atoms with Gasteiger partial charge in [-0.1, -0.05) is 36.4 Å². The molecule has 0 bridgehead atoms. The van der Waals surface area contributed by atoms with Crippen LogP contribution in [-0.2, 0) is 12.8 Å². The fraction of sp³-hybridized carbons (Fsp3) is 0.273. The summed E-state index contributed by atoms with van der Waals surface area (Å²) in [6, 6.07) is 14.1. The Hall–Kier alpha value is -2.15. The number of aliphatic hydroxyl groups is 1. The molecule has 2 aromatic carbocycles. The number of rotatable bonds is 6. The van der Waals surface area contributed by atoms with Crippen LogP contribution < -0.4 is 4.74 Å². The maximum absolute atomic E-state index is 10.5. The van der Waals surface area contributed by atoms with Gasteiger partial charge in [-0.15, -0.1) is 23.1 Å². The minimum absolute atomic E-state index is 0.261. The molecule has 0 saturated heterocycles. The minimum atomic E-state index is -0.569. The Balaban J connectivity index is 1.27. The van der Waals surface area contributed by atoms with Crippen LogP contribution in [0.4, 0.5) is 0 Å². The van der Waals surface area contributed by atoms with Gasteiger partial charge in [-0.3, -0.25) is 0 Å². The number of aromatic nitrogens is 2. The molecule has 142 valence electrons. The number of aryl methyl sites for hydroxylation is 2. The Morgan fingerprint density at radius 2 is 2.00 bits per heavy atom. The molecule has 0 fully saturated rings. The number of benzene rings is 2. The van der Waals surface area contributed by atoms with E-state index in [0.29, 0.717) is 5.75 Å². The van der Waals surface area contributed by atoms with Crippen LogP contribution in [-0.4, -0.2) is 33.5 Å². The number of thioether (sulfide) groups is 1. The van der Waals surface area contributed by atoms with Crippen molar-refractivity contribution < 1.29 is 9.84 Å². The number of nitrogens with zero attached hydrogens (tertiary/aromatic N) is 2. The third-order valence-electron chi connectivity index (χ3n) is 5.06. The minimum Gasteiger partial charge on any atom is -0.490 e. The normalized spacial score (nSPS) is 14.5. The summed E-state index contributed by atoms with van der Waals surface area (Å²) in [5, 5.41) is 14.9. The highest BCUT2D eigenvalue weighted by molar-refractivity contribution is 7.99. The first-order chi connectivity index (χ1) is 13.8. The van der Waals surface area contributed by atoms with Crippen molar-refractivity contribution in [1.29, 1.82) is 0 Å². The highest BCUT2D eigenvalue weighted by Gasteiger charge is 2.21. The van der Waals surface area contributed by atoms with Gasteiger partial charge >= 0.3 is 0 Å². The molecule has 0 unspecified atom stereocenters. The number of hydrogen-bond donors (Lipinski definition) is 1. The zero-order chi connectivity index (χ0) is 18.9. The van der Waals surface area contributed by atoms with E-state index in [1.54, 1.807) is 29.4 Å². The van der Waals surface area contributed by atoms with Gasteiger partial charge in [-0.05, 0) is 36.3 Å². The molecule has 2 heterocycles. The molecule has 0 spiro atoms. The van der Waals surface area contributed by atoms with E-state index >= 15 is 0 Å². The van der Waals surface area contributed by atoms with E-state index in [1.807, 2.05) is 30.3 Å². The van der Waals surface area contributed by atoms with Crippen LogP contribution in [0.1, 0.15) is 16.9 Å². The van der Waals surface area contributed by atoms with E-state index < -0.39 is 6.10 Å². The molecule has 4 aromatic rings. The van der Waals surface area contributed by atoms with Gasteiger partial charge in [0.1, 0.15) is 28.5 Å². The topological polar surface area (TPSA) is 55.2 Å². The SMILES string of the molecule is O[C@@H](COc1cccc2ccccc12)CSc1ncnc2sc3c(c12)CCC3. The van der Waals surface area contributed by atoms with Gasteiger partial charge in [0, 0.05) is 21.4 Å². The predicted molar refractivity (Wildman–Crippen MR) is 116 cm³/mol. The maximum atomic E-state index is 10.5. The van der Waals surface area contributed by atoms with Gasteiger partial charge in [-0.2, -0.15) is 0 Å². The first kappa shape index (κ1) is 17.9. The van der Waals surface area contributed by atoms with Gasteiger partial charge in [-0.25, -0.2) is 9.97 Å². The molecule has 2 aromatic heterocycles. The van der Waals surface area contributed by atoms with E-state index in [9.17, 15) is 5.11 Å². The molecule has 1 aliphatic carbocycles.